The average Bonchev–Trinajstić information content (AvgIpc) is 2.55. The highest BCUT2D eigenvalue weighted by Crippen LogP contribution is 2.25. The number of hydrogen-bond acceptors (Lipinski definition) is 3. The lowest BCUT2D eigenvalue weighted by molar-refractivity contribution is 0.0599. The van der Waals surface area contributed by atoms with Crippen molar-refractivity contribution in [1.82, 2.24) is 15.1 Å². The van der Waals surface area contributed by atoms with Crippen molar-refractivity contribution in [2.24, 2.45) is 0 Å². The first-order valence-corrected chi connectivity index (χ1v) is 6.85. The standard InChI is InChI=1S/C12H22BrN3O/c1-5-9-11(13)10(16(6-2)15-9)7-12(3,17)8-14-4/h14,17H,5-8H2,1-4H3. The van der Waals surface area contributed by atoms with Crippen molar-refractivity contribution >= 4 is 15.9 Å². The van der Waals surface area contributed by atoms with Gasteiger partial charge in [-0.1, -0.05) is 6.92 Å². The van der Waals surface area contributed by atoms with Crippen molar-refractivity contribution < 1.29 is 5.11 Å². The molecular weight excluding hydrogens is 282 g/mol. The molecule has 0 aliphatic rings. The Morgan fingerprint density at radius 1 is 1.47 bits per heavy atom. The van der Waals surface area contributed by atoms with Gasteiger partial charge in [-0.25, -0.2) is 0 Å². The third-order valence-corrected chi connectivity index (χ3v) is 3.72. The number of nitrogens with zero attached hydrogens (tertiary/aromatic N) is 2. The minimum atomic E-state index is -0.755. The number of hydrogen-bond donors (Lipinski definition) is 2. The predicted octanol–water partition coefficient (Wildman–Crippen LogP) is 1.74. The molecule has 1 unspecified atom stereocenters. The van der Waals surface area contributed by atoms with Crippen molar-refractivity contribution in [1.29, 1.82) is 0 Å². The minimum absolute atomic E-state index is 0.565. The van der Waals surface area contributed by atoms with Crippen molar-refractivity contribution in [3.63, 3.8) is 0 Å². The number of nitrogens with one attached hydrogen (secondary N) is 1. The molecule has 1 aromatic rings. The van der Waals surface area contributed by atoms with E-state index in [2.05, 4.69) is 40.2 Å². The van der Waals surface area contributed by atoms with Crippen molar-refractivity contribution in [3.05, 3.63) is 15.9 Å². The van der Waals surface area contributed by atoms with E-state index >= 15 is 0 Å². The normalized spacial score (nSPS) is 14.9. The zero-order valence-electron chi connectivity index (χ0n) is 11.0. The molecule has 0 spiro atoms. The largest absolute Gasteiger partial charge is 0.388 e. The molecule has 0 amide bonds. The van der Waals surface area contributed by atoms with Crippen LogP contribution in [0.25, 0.3) is 0 Å². The maximum atomic E-state index is 10.3. The van der Waals surface area contributed by atoms with Gasteiger partial charge in [0.2, 0.25) is 0 Å². The van der Waals surface area contributed by atoms with Gasteiger partial charge in [-0.05, 0) is 43.2 Å². The van der Waals surface area contributed by atoms with E-state index in [4.69, 9.17) is 0 Å². The van der Waals surface area contributed by atoms with Gasteiger partial charge in [-0.3, -0.25) is 4.68 Å². The molecule has 4 nitrogen and oxygen atoms in total. The maximum absolute atomic E-state index is 10.3. The van der Waals surface area contributed by atoms with E-state index in [1.165, 1.54) is 0 Å². The first-order valence-electron chi connectivity index (χ1n) is 6.06. The van der Waals surface area contributed by atoms with Crippen LogP contribution in [0.3, 0.4) is 0 Å². The van der Waals surface area contributed by atoms with Crippen LogP contribution >= 0.6 is 15.9 Å². The SMILES string of the molecule is CCc1nn(CC)c(CC(C)(O)CNC)c1Br. The molecule has 0 aliphatic carbocycles. The topological polar surface area (TPSA) is 50.1 Å². The summed E-state index contributed by atoms with van der Waals surface area (Å²) in [7, 11) is 1.85. The van der Waals surface area contributed by atoms with E-state index in [-0.39, 0.29) is 0 Å². The average molecular weight is 304 g/mol. The first-order chi connectivity index (χ1) is 7.95. The number of aliphatic hydroxyl groups is 1. The number of halogens is 1. The molecule has 1 atom stereocenters. The van der Waals surface area contributed by atoms with Crippen LogP contribution in [-0.4, -0.2) is 34.1 Å². The Morgan fingerprint density at radius 2 is 2.12 bits per heavy atom. The Kier molecular flexibility index (Phi) is 5.16. The Balaban J connectivity index is 3.00. The van der Waals surface area contributed by atoms with Gasteiger partial charge < -0.3 is 10.4 Å². The highest BCUT2D eigenvalue weighted by molar-refractivity contribution is 9.10. The first kappa shape index (κ1) is 14.7. The molecule has 98 valence electrons. The summed E-state index contributed by atoms with van der Waals surface area (Å²) in [4.78, 5) is 0. The van der Waals surface area contributed by atoms with Crippen LogP contribution in [0.15, 0.2) is 4.47 Å². The van der Waals surface area contributed by atoms with Crippen LogP contribution in [-0.2, 0) is 19.4 Å². The molecule has 1 rings (SSSR count). The zero-order valence-corrected chi connectivity index (χ0v) is 12.6. The van der Waals surface area contributed by atoms with Crippen LogP contribution < -0.4 is 5.32 Å². The molecule has 0 saturated heterocycles. The molecule has 0 saturated carbocycles. The lowest BCUT2D eigenvalue weighted by Crippen LogP contribution is -2.38. The molecule has 5 heteroatoms. The van der Waals surface area contributed by atoms with Gasteiger partial charge >= 0.3 is 0 Å². The molecule has 0 aliphatic heterocycles. The third-order valence-electron chi connectivity index (χ3n) is 2.80. The summed E-state index contributed by atoms with van der Waals surface area (Å²) in [6, 6.07) is 0. The maximum Gasteiger partial charge on any atom is 0.0798 e. The lowest BCUT2D eigenvalue weighted by Gasteiger charge is -2.23. The lowest BCUT2D eigenvalue weighted by atomic mass is 10.00. The molecule has 0 fully saturated rings. The van der Waals surface area contributed by atoms with Crippen LogP contribution in [0.5, 0.6) is 0 Å². The second kappa shape index (κ2) is 5.98. The quantitative estimate of drug-likeness (QED) is 0.842. The monoisotopic (exact) mass is 303 g/mol. The zero-order chi connectivity index (χ0) is 13.1. The number of aromatic nitrogens is 2. The fourth-order valence-electron chi connectivity index (χ4n) is 1.99. The molecule has 1 heterocycles. The Bertz CT molecular complexity index is 374. The molecule has 2 N–H and O–H groups in total. The summed E-state index contributed by atoms with van der Waals surface area (Å²) in [6.07, 6.45) is 1.49. The van der Waals surface area contributed by atoms with Crippen molar-refractivity contribution in [3.8, 4) is 0 Å². The van der Waals surface area contributed by atoms with Crippen molar-refractivity contribution in [2.75, 3.05) is 13.6 Å². The van der Waals surface area contributed by atoms with E-state index in [1.807, 2.05) is 18.7 Å². The molecule has 17 heavy (non-hydrogen) atoms. The highest BCUT2D eigenvalue weighted by atomic mass is 79.9. The summed E-state index contributed by atoms with van der Waals surface area (Å²) >= 11 is 3.59. The summed E-state index contributed by atoms with van der Waals surface area (Å²) in [5, 5.41) is 17.8. The fourth-order valence-corrected chi connectivity index (χ4v) is 2.69. The molecule has 0 radical (unpaired) electrons. The predicted molar refractivity (Wildman–Crippen MR) is 73.2 cm³/mol. The van der Waals surface area contributed by atoms with Gasteiger partial charge in [0.05, 0.1) is 21.5 Å². The Hall–Kier alpha value is -0.390. The second-order valence-electron chi connectivity index (χ2n) is 4.58. The Labute approximate surface area is 112 Å². The number of rotatable bonds is 6. The van der Waals surface area contributed by atoms with Crippen LogP contribution in [0.4, 0.5) is 0 Å². The molecule has 1 aromatic heterocycles. The smallest absolute Gasteiger partial charge is 0.0798 e. The van der Waals surface area contributed by atoms with E-state index in [9.17, 15) is 5.11 Å². The minimum Gasteiger partial charge on any atom is -0.388 e. The van der Waals surface area contributed by atoms with Gasteiger partial charge in [0.1, 0.15) is 0 Å². The highest BCUT2D eigenvalue weighted by Gasteiger charge is 2.25. The van der Waals surface area contributed by atoms with Gasteiger partial charge in [0.15, 0.2) is 0 Å². The van der Waals surface area contributed by atoms with E-state index in [0.717, 1.165) is 28.8 Å². The van der Waals surface area contributed by atoms with Crippen LogP contribution in [0.1, 0.15) is 32.2 Å². The van der Waals surface area contributed by atoms with Gasteiger partial charge in [0, 0.05) is 19.5 Å². The van der Waals surface area contributed by atoms with Crippen LogP contribution in [0.2, 0.25) is 0 Å². The van der Waals surface area contributed by atoms with E-state index in [0.29, 0.717) is 13.0 Å². The van der Waals surface area contributed by atoms with Gasteiger partial charge in [-0.15, -0.1) is 0 Å². The fraction of sp³-hybridized carbons (Fsp3) is 0.750. The number of aryl methyl sites for hydroxylation is 2. The molecule has 0 aromatic carbocycles. The van der Waals surface area contributed by atoms with E-state index in [1.54, 1.807) is 0 Å². The molecular formula is C12H22BrN3O. The van der Waals surface area contributed by atoms with E-state index < -0.39 is 5.60 Å². The summed E-state index contributed by atoms with van der Waals surface area (Å²) in [6.45, 7) is 7.38. The van der Waals surface area contributed by atoms with Gasteiger partial charge in [-0.2, -0.15) is 5.10 Å². The van der Waals surface area contributed by atoms with Crippen molar-refractivity contribution in [2.45, 2.75) is 45.8 Å². The van der Waals surface area contributed by atoms with Gasteiger partial charge in [0.25, 0.3) is 0 Å². The summed E-state index contributed by atoms with van der Waals surface area (Å²) in [5.74, 6) is 0. The Morgan fingerprint density at radius 3 is 2.59 bits per heavy atom. The van der Waals surface area contributed by atoms with Crippen LogP contribution in [0, 0.1) is 0 Å². The second-order valence-corrected chi connectivity index (χ2v) is 5.37. The summed E-state index contributed by atoms with van der Waals surface area (Å²) < 4.78 is 3.01. The summed E-state index contributed by atoms with van der Waals surface area (Å²) in [5.41, 5.74) is 1.38. The third kappa shape index (κ3) is 3.53. The molecule has 0 bridgehead atoms. The number of likely N-dealkylation sites (N-methyl/N-ethyl adjacent to an activating group) is 1.